The minimum Gasteiger partial charge on any atom is -0.293 e. The molecule has 33 heavy (non-hydrogen) atoms. The van der Waals surface area contributed by atoms with Gasteiger partial charge in [0, 0.05) is 11.1 Å². The van der Waals surface area contributed by atoms with E-state index in [1.807, 2.05) is 0 Å². The number of allylic oxidation sites excluding steroid dienone is 1. The zero-order valence-corrected chi connectivity index (χ0v) is 22.4. The molecule has 1 heteroatoms. The van der Waals surface area contributed by atoms with E-state index in [9.17, 15) is 0 Å². The molecule has 1 aromatic rings. The molecular formula is C32H51N. The number of nitrogens with zero attached hydrogens (tertiary/aromatic N) is 1. The van der Waals surface area contributed by atoms with Gasteiger partial charge in [-0.3, -0.25) is 4.90 Å². The third-order valence-corrected chi connectivity index (χ3v) is 9.87. The summed E-state index contributed by atoms with van der Waals surface area (Å²) in [6.45, 7) is 17.4. The quantitative estimate of drug-likeness (QED) is 0.391. The lowest BCUT2D eigenvalue weighted by molar-refractivity contribution is -0.0358. The van der Waals surface area contributed by atoms with Crippen molar-refractivity contribution in [1.82, 2.24) is 4.90 Å². The Morgan fingerprint density at radius 1 is 0.758 bits per heavy atom. The van der Waals surface area contributed by atoms with Gasteiger partial charge in [0.15, 0.2) is 0 Å². The number of likely N-dealkylation sites (tertiary alicyclic amines) is 1. The summed E-state index contributed by atoms with van der Waals surface area (Å²) in [7, 11) is 0. The van der Waals surface area contributed by atoms with Gasteiger partial charge in [-0.25, -0.2) is 0 Å². The fraction of sp³-hybridized carbons (Fsp3) is 0.750. The summed E-state index contributed by atoms with van der Waals surface area (Å²) >= 11 is 0. The van der Waals surface area contributed by atoms with Crippen LogP contribution < -0.4 is 0 Å². The van der Waals surface area contributed by atoms with Crippen molar-refractivity contribution in [2.45, 2.75) is 128 Å². The van der Waals surface area contributed by atoms with Gasteiger partial charge in [-0.15, -0.1) is 6.58 Å². The highest BCUT2D eigenvalue weighted by molar-refractivity contribution is 5.29. The third kappa shape index (κ3) is 5.61. The average molecular weight is 450 g/mol. The monoisotopic (exact) mass is 449 g/mol. The molecule has 1 heterocycles. The minimum absolute atomic E-state index is 0.268. The lowest BCUT2D eigenvalue weighted by Gasteiger charge is -2.55. The lowest BCUT2D eigenvalue weighted by Crippen LogP contribution is -2.60. The first-order chi connectivity index (χ1) is 15.7. The van der Waals surface area contributed by atoms with Crippen LogP contribution in [0.15, 0.2) is 36.9 Å². The summed E-state index contributed by atoms with van der Waals surface area (Å²) in [5, 5.41) is 0. The molecule has 3 fully saturated rings. The molecule has 0 atom stereocenters. The van der Waals surface area contributed by atoms with E-state index in [0.29, 0.717) is 5.92 Å². The van der Waals surface area contributed by atoms with Gasteiger partial charge in [0.1, 0.15) is 0 Å². The molecule has 1 aliphatic heterocycles. The smallest absolute Gasteiger partial charge is 0.0164 e. The van der Waals surface area contributed by atoms with Crippen molar-refractivity contribution in [3.63, 3.8) is 0 Å². The van der Waals surface area contributed by atoms with E-state index in [1.165, 1.54) is 77.2 Å². The van der Waals surface area contributed by atoms with Crippen molar-refractivity contribution >= 4 is 0 Å². The molecule has 1 nitrogen and oxygen atoms in total. The van der Waals surface area contributed by atoms with Gasteiger partial charge in [-0.05, 0) is 146 Å². The Bertz CT molecular complexity index is 738. The normalized spacial score (nSPS) is 33.0. The number of hydrogen-bond donors (Lipinski definition) is 0. The van der Waals surface area contributed by atoms with Crippen molar-refractivity contribution in [2.24, 2.45) is 17.8 Å². The van der Waals surface area contributed by atoms with Crippen LogP contribution in [0.3, 0.4) is 0 Å². The van der Waals surface area contributed by atoms with Crippen LogP contribution in [0.4, 0.5) is 0 Å². The zero-order valence-electron chi connectivity index (χ0n) is 22.4. The molecule has 1 aromatic carbocycles. The van der Waals surface area contributed by atoms with E-state index in [1.54, 1.807) is 11.1 Å². The molecular weight excluding hydrogens is 398 g/mol. The van der Waals surface area contributed by atoms with Gasteiger partial charge in [0.05, 0.1) is 0 Å². The van der Waals surface area contributed by atoms with E-state index < -0.39 is 0 Å². The van der Waals surface area contributed by atoms with E-state index in [2.05, 4.69) is 76.4 Å². The number of hydrogen-bond acceptors (Lipinski definition) is 1. The SMILES string of the molecule is C=CC1CCC(C2CCC(c3ccc(C4CC(C)(C)N(CCC)C(C)(C)C4)cc3)CC2)CC1. The molecule has 0 amide bonds. The lowest BCUT2D eigenvalue weighted by atomic mass is 9.68. The summed E-state index contributed by atoms with van der Waals surface area (Å²) in [5.41, 5.74) is 3.72. The van der Waals surface area contributed by atoms with Crippen molar-refractivity contribution in [2.75, 3.05) is 6.54 Å². The van der Waals surface area contributed by atoms with Crippen LogP contribution in [-0.2, 0) is 0 Å². The number of piperidine rings is 1. The molecule has 0 aromatic heterocycles. The summed E-state index contributed by atoms with van der Waals surface area (Å²) in [6.07, 6.45) is 17.4. The van der Waals surface area contributed by atoms with Crippen LogP contribution >= 0.6 is 0 Å². The number of benzene rings is 1. The first-order valence-electron chi connectivity index (χ1n) is 14.2. The third-order valence-electron chi connectivity index (χ3n) is 9.87. The van der Waals surface area contributed by atoms with Crippen LogP contribution in [0.2, 0.25) is 0 Å². The predicted molar refractivity (Wildman–Crippen MR) is 144 cm³/mol. The van der Waals surface area contributed by atoms with Gasteiger partial charge < -0.3 is 0 Å². The van der Waals surface area contributed by atoms with Crippen LogP contribution in [0.25, 0.3) is 0 Å². The summed E-state index contributed by atoms with van der Waals surface area (Å²) in [6, 6.07) is 9.97. The molecule has 0 spiro atoms. The molecule has 184 valence electrons. The minimum atomic E-state index is 0.268. The highest BCUT2D eigenvalue weighted by atomic mass is 15.3. The highest BCUT2D eigenvalue weighted by Gasteiger charge is 2.45. The Hall–Kier alpha value is -1.08. The molecule has 0 radical (unpaired) electrons. The maximum Gasteiger partial charge on any atom is 0.0164 e. The van der Waals surface area contributed by atoms with Gasteiger partial charge in [0.25, 0.3) is 0 Å². The molecule has 0 N–H and O–H groups in total. The van der Waals surface area contributed by atoms with Gasteiger partial charge in [-0.2, -0.15) is 0 Å². The van der Waals surface area contributed by atoms with Crippen LogP contribution in [0.1, 0.15) is 128 Å². The van der Waals surface area contributed by atoms with Gasteiger partial charge in [0.2, 0.25) is 0 Å². The van der Waals surface area contributed by atoms with Crippen molar-refractivity contribution in [1.29, 1.82) is 0 Å². The maximum atomic E-state index is 4.02. The van der Waals surface area contributed by atoms with E-state index >= 15 is 0 Å². The Labute approximate surface area is 205 Å². The topological polar surface area (TPSA) is 3.24 Å². The molecule has 1 saturated heterocycles. The molecule has 0 bridgehead atoms. The highest BCUT2D eigenvalue weighted by Crippen LogP contribution is 2.47. The Morgan fingerprint density at radius 3 is 1.67 bits per heavy atom. The summed E-state index contributed by atoms with van der Waals surface area (Å²) in [4.78, 5) is 2.77. The molecule has 0 unspecified atom stereocenters. The van der Waals surface area contributed by atoms with Gasteiger partial charge in [-0.1, -0.05) is 37.3 Å². The largest absolute Gasteiger partial charge is 0.293 e. The van der Waals surface area contributed by atoms with E-state index in [0.717, 1.165) is 23.7 Å². The fourth-order valence-corrected chi connectivity index (χ4v) is 8.20. The van der Waals surface area contributed by atoms with Crippen molar-refractivity contribution in [3.8, 4) is 0 Å². The first kappa shape index (κ1) is 25.0. The Morgan fingerprint density at radius 2 is 1.21 bits per heavy atom. The van der Waals surface area contributed by atoms with Crippen molar-refractivity contribution in [3.05, 3.63) is 48.0 Å². The number of rotatable bonds is 6. The Kier molecular flexibility index (Phi) is 7.79. The summed E-state index contributed by atoms with van der Waals surface area (Å²) in [5.74, 6) is 4.25. The standard InChI is InChI=1S/C32H51N/c1-7-21-33-31(3,4)22-30(23-32(33,5)6)29-19-17-28(18-20-29)27-15-13-26(14-16-27)25-11-9-24(8-2)10-12-25/h8,17-20,24-27,30H,2,7,9-16,21-23H2,1,3-6H3. The first-order valence-corrected chi connectivity index (χ1v) is 14.2. The Balaban J connectivity index is 1.34. The molecule has 2 aliphatic carbocycles. The molecule has 3 aliphatic rings. The van der Waals surface area contributed by atoms with Gasteiger partial charge >= 0.3 is 0 Å². The average Bonchev–Trinajstić information content (AvgIpc) is 2.81. The fourth-order valence-electron chi connectivity index (χ4n) is 8.20. The van der Waals surface area contributed by atoms with Crippen LogP contribution in [0, 0.1) is 17.8 Å². The van der Waals surface area contributed by atoms with Crippen LogP contribution in [0.5, 0.6) is 0 Å². The summed E-state index contributed by atoms with van der Waals surface area (Å²) < 4.78 is 0. The second-order valence-corrected chi connectivity index (χ2v) is 13.1. The second kappa shape index (κ2) is 10.3. The maximum absolute atomic E-state index is 4.02. The molecule has 4 rings (SSSR count). The van der Waals surface area contributed by atoms with Crippen molar-refractivity contribution < 1.29 is 0 Å². The zero-order chi connectivity index (χ0) is 23.6. The molecule has 2 saturated carbocycles. The second-order valence-electron chi connectivity index (χ2n) is 13.1. The van der Waals surface area contributed by atoms with Crippen LogP contribution in [-0.4, -0.2) is 22.5 Å². The predicted octanol–water partition coefficient (Wildman–Crippen LogP) is 9.10. The van der Waals surface area contributed by atoms with E-state index in [4.69, 9.17) is 0 Å². The van der Waals surface area contributed by atoms with E-state index in [-0.39, 0.29) is 11.1 Å².